The Hall–Kier alpha value is -3.74. The molecule has 0 unspecified atom stereocenters. The van der Waals surface area contributed by atoms with Gasteiger partial charge in [0.05, 0.1) is 6.20 Å². The molecule has 0 saturated heterocycles. The van der Waals surface area contributed by atoms with Crippen molar-refractivity contribution in [3.63, 3.8) is 0 Å². The molecule has 140 valence electrons. The number of hydrogen-bond acceptors (Lipinski definition) is 5. The minimum absolute atomic E-state index is 0.151. The highest BCUT2D eigenvalue weighted by Crippen LogP contribution is 2.26. The maximum atomic E-state index is 12.3. The van der Waals surface area contributed by atoms with E-state index in [9.17, 15) is 4.79 Å². The number of carbonyl (C=O) groups is 1. The van der Waals surface area contributed by atoms with Crippen molar-refractivity contribution in [3.05, 3.63) is 77.6 Å². The zero-order valence-electron chi connectivity index (χ0n) is 15.6. The topological polar surface area (TPSA) is 85.8 Å². The van der Waals surface area contributed by atoms with Crippen molar-refractivity contribution in [1.29, 1.82) is 0 Å². The number of aromatic nitrogens is 4. The second-order valence-electron chi connectivity index (χ2n) is 6.51. The van der Waals surface area contributed by atoms with Gasteiger partial charge in [0.25, 0.3) is 5.91 Å². The lowest BCUT2D eigenvalue weighted by Gasteiger charge is -2.04. The average molecular weight is 373 g/mol. The van der Waals surface area contributed by atoms with Gasteiger partial charge >= 0.3 is 0 Å². The van der Waals surface area contributed by atoms with Crippen molar-refractivity contribution in [1.82, 2.24) is 25.3 Å². The summed E-state index contributed by atoms with van der Waals surface area (Å²) in [4.78, 5) is 12.3. The number of benzene rings is 2. The van der Waals surface area contributed by atoms with E-state index in [1.807, 2.05) is 44.4 Å². The van der Waals surface area contributed by atoms with Crippen molar-refractivity contribution < 1.29 is 9.21 Å². The zero-order valence-corrected chi connectivity index (χ0v) is 15.6. The van der Waals surface area contributed by atoms with Crippen molar-refractivity contribution in [2.75, 3.05) is 0 Å². The SMILES string of the molecule is Cc1ccccc1-c1nnc(-c2ccc(C(=O)NCc3cnn(C)c3)cc2)o1. The second kappa shape index (κ2) is 7.48. The third-order valence-corrected chi connectivity index (χ3v) is 4.41. The first-order chi connectivity index (χ1) is 13.6. The van der Waals surface area contributed by atoms with Crippen LogP contribution in [0.4, 0.5) is 0 Å². The van der Waals surface area contributed by atoms with E-state index < -0.39 is 0 Å². The van der Waals surface area contributed by atoms with Gasteiger partial charge in [-0.25, -0.2) is 0 Å². The molecule has 28 heavy (non-hydrogen) atoms. The number of nitrogens with zero attached hydrogens (tertiary/aromatic N) is 4. The van der Waals surface area contributed by atoms with Gasteiger partial charge in [-0.2, -0.15) is 5.10 Å². The normalized spacial score (nSPS) is 10.8. The van der Waals surface area contributed by atoms with E-state index in [2.05, 4.69) is 20.6 Å². The molecule has 0 spiro atoms. The molecule has 1 N–H and O–H groups in total. The van der Waals surface area contributed by atoms with Gasteiger partial charge in [-0.05, 0) is 42.8 Å². The molecular formula is C21H19N5O2. The predicted molar refractivity (Wildman–Crippen MR) is 104 cm³/mol. The van der Waals surface area contributed by atoms with Gasteiger partial charge < -0.3 is 9.73 Å². The fourth-order valence-electron chi connectivity index (χ4n) is 2.87. The monoisotopic (exact) mass is 373 g/mol. The van der Waals surface area contributed by atoms with Crippen LogP contribution in [-0.2, 0) is 13.6 Å². The van der Waals surface area contributed by atoms with Crippen LogP contribution in [-0.4, -0.2) is 25.9 Å². The van der Waals surface area contributed by atoms with E-state index in [0.717, 1.165) is 22.3 Å². The molecule has 4 rings (SSSR count). The predicted octanol–water partition coefficient (Wildman–Crippen LogP) is 3.38. The summed E-state index contributed by atoms with van der Waals surface area (Å²) in [5, 5.41) is 15.2. The summed E-state index contributed by atoms with van der Waals surface area (Å²) in [5.74, 6) is 0.744. The van der Waals surface area contributed by atoms with E-state index in [-0.39, 0.29) is 5.91 Å². The molecule has 2 aromatic carbocycles. The number of nitrogens with one attached hydrogen (secondary N) is 1. The Balaban J connectivity index is 1.46. The molecule has 4 aromatic rings. The Kier molecular flexibility index (Phi) is 4.72. The van der Waals surface area contributed by atoms with Crippen molar-refractivity contribution in [2.45, 2.75) is 13.5 Å². The maximum absolute atomic E-state index is 12.3. The fraction of sp³-hybridized carbons (Fsp3) is 0.143. The average Bonchev–Trinajstić information content (AvgIpc) is 3.36. The minimum Gasteiger partial charge on any atom is -0.416 e. The quantitative estimate of drug-likeness (QED) is 0.580. The van der Waals surface area contributed by atoms with Crippen LogP contribution in [0.1, 0.15) is 21.5 Å². The molecule has 0 radical (unpaired) electrons. The highest BCUT2D eigenvalue weighted by Gasteiger charge is 2.13. The minimum atomic E-state index is -0.151. The first-order valence-corrected chi connectivity index (χ1v) is 8.86. The highest BCUT2D eigenvalue weighted by molar-refractivity contribution is 5.94. The van der Waals surface area contributed by atoms with Crippen molar-refractivity contribution >= 4 is 5.91 Å². The largest absolute Gasteiger partial charge is 0.416 e. The second-order valence-corrected chi connectivity index (χ2v) is 6.51. The molecule has 1 amide bonds. The lowest BCUT2D eigenvalue weighted by atomic mass is 10.1. The Morgan fingerprint density at radius 1 is 1.07 bits per heavy atom. The van der Waals surface area contributed by atoms with E-state index in [4.69, 9.17) is 4.42 Å². The summed E-state index contributed by atoms with van der Waals surface area (Å²) in [7, 11) is 1.84. The lowest BCUT2D eigenvalue weighted by Crippen LogP contribution is -2.22. The Morgan fingerprint density at radius 2 is 1.82 bits per heavy atom. The van der Waals surface area contributed by atoms with Crippen LogP contribution in [0.5, 0.6) is 0 Å². The van der Waals surface area contributed by atoms with Crippen LogP contribution in [0, 0.1) is 6.92 Å². The van der Waals surface area contributed by atoms with E-state index in [0.29, 0.717) is 23.9 Å². The molecule has 0 aliphatic rings. The van der Waals surface area contributed by atoms with Crippen LogP contribution < -0.4 is 5.32 Å². The number of aryl methyl sites for hydroxylation is 2. The van der Waals surface area contributed by atoms with E-state index >= 15 is 0 Å². The smallest absolute Gasteiger partial charge is 0.251 e. The van der Waals surface area contributed by atoms with Gasteiger partial charge in [0.15, 0.2) is 0 Å². The molecule has 0 saturated carbocycles. The number of hydrogen-bond donors (Lipinski definition) is 1. The summed E-state index contributed by atoms with van der Waals surface area (Å²) in [6.07, 6.45) is 3.59. The Labute approximate surface area is 162 Å². The third kappa shape index (κ3) is 3.68. The summed E-state index contributed by atoms with van der Waals surface area (Å²) < 4.78 is 7.51. The van der Waals surface area contributed by atoms with Crippen molar-refractivity contribution in [3.8, 4) is 22.9 Å². The van der Waals surface area contributed by atoms with Gasteiger partial charge in [0.2, 0.25) is 11.8 Å². The molecule has 7 heteroatoms. The molecule has 2 heterocycles. The maximum Gasteiger partial charge on any atom is 0.251 e. The zero-order chi connectivity index (χ0) is 19.5. The number of rotatable bonds is 5. The number of carbonyl (C=O) groups excluding carboxylic acids is 1. The summed E-state index contributed by atoms with van der Waals surface area (Å²) in [6.45, 7) is 2.43. The first kappa shape index (κ1) is 17.7. The molecule has 0 atom stereocenters. The van der Waals surface area contributed by atoms with Gasteiger partial charge in [-0.1, -0.05) is 18.2 Å². The van der Waals surface area contributed by atoms with E-state index in [1.54, 1.807) is 35.1 Å². The van der Waals surface area contributed by atoms with Crippen LogP contribution >= 0.6 is 0 Å². The van der Waals surface area contributed by atoms with Gasteiger partial charge in [0.1, 0.15) is 0 Å². The lowest BCUT2D eigenvalue weighted by molar-refractivity contribution is 0.0951. The third-order valence-electron chi connectivity index (χ3n) is 4.41. The molecular weight excluding hydrogens is 354 g/mol. The van der Waals surface area contributed by atoms with Crippen LogP contribution in [0.3, 0.4) is 0 Å². The standard InChI is InChI=1S/C21H19N5O2/c1-14-5-3-4-6-18(14)21-25-24-20(28-21)17-9-7-16(8-10-17)19(27)22-11-15-12-23-26(2)13-15/h3-10,12-13H,11H2,1-2H3,(H,22,27). The molecule has 0 aliphatic heterocycles. The fourth-order valence-corrected chi connectivity index (χ4v) is 2.87. The molecule has 0 aliphatic carbocycles. The van der Waals surface area contributed by atoms with Gasteiger partial charge in [-0.15, -0.1) is 10.2 Å². The molecule has 0 fully saturated rings. The summed E-state index contributed by atoms with van der Waals surface area (Å²) >= 11 is 0. The number of amides is 1. The Morgan fingerprint density at radius 3 is 2.54 bits per heavy atom. The Bertz CT molecular complexity index is 1110. The van der Waals surface area contributed by atoms with Crippen LogP contribution in [0.25, 0.3) is 22.9 Å². The first-order valence-electron chi connectivity index (χ1n) is 8.86. The van der Waals surface area contributed by atoms with Crippen LogP contribution in [0.15, 0.2) is 65.3 Å². The summed E-state index contributed by atoms with van der Waals surface area (Å²) in [6, 6.07) is 14.9. The molecule has 2 aromatic heterocycles. The summed E-state index contributed by atoms with van der Waals surface area (Å²) in [5.41, 5.74) is 4.25. The molecule has 0 bridgehead atoms. The van der Waals surface area contributed by atoms with Gasteiger partial charge in [-0.3, -0.25) is 9.48 Å². The van der Waals surface area contributed by atoms with E-state index in [1.165, 1.54) is 0 Å². The highest BCUT2D eigenvalue weighted by atomic mass is 16.4. The molecule has 7 nitrogen and oxygen atoms in total. The van der Waals surface area contributed by atoms with Gasteiger partial charge in [0, 0.05) is 42.0 Å². The van der Waals surface area contributed by atoms with Crippen molar-refractivity contribution in [2.24, 2.45) is 7.05 Å². The van der Waals surface area contributed by atoms with Crippen LogP contribution in [0.2, 0.25) is 0 Å².